The van der Waals surface area contributed by atoms with Crippen LogP contribution in [0.2, 0.25) is 0 Å². The van der Waals surface area contributed by atoms with Gasteiger partial charge in [0.1, 0.15) is 5.82 Å². The zero-order valence-corrected chi connectivity index (χ0v) is 23.1. The fourth-order valence-electron chi connectivity index (χ4n) is 4.76. The Hall–Kier alpha value is -3.85. The molecular weight excluding hydrogens is 510 g/mol. The van der Waals surface area contributed by atoms with E-state index in [1.54, 1.807) is 0 Å². The van der Waals surface area contributed by atoms with Crippen molar-refractivity contribution in [1.29, 1.82) is 0 Å². The van der Waals surface area contributed by atoms with Gasteiger partial charge in [-0.2, -0.15) is 0 Å². The molecule has 202 valence electrons. The molecule has 4 aromatic rings. The molecule has 0 aliphatic heterocycles. The van der Waals surface area contributed by atoms with E-state index in [4.69, 9.17) is 21.7 Å². The summed E-state index contributed by atoms with van der Waals surface area (Å²) in [5.41, 5.74) is 5.23. The van der Waals surface area contributed by atoms with Gasteiger partial charge in [0, 0.05) is 35.7 Å². The van der Waals surface area contributed by atoms with Gasteiger partial charge in [-0.1, -0.05) is 79.3 Å². The molecule has 0 unspecified atom stereocenters. The fraction of sp³-hybridized carbons (Fsp3) is 0.367. The largest absolute Gasteiger partial charge is 0.439 e. The summed E-state index contributed by atoms with van der Waals surface area (Å²) in [4.78, 5) is 33.6. The molecule has 2 aromatic carbocycles. The lowest BCUT2D eigenvalue weighted by Gasteiger charge is -2.17. The number of nitrogens with one attached hydrogen (secondary N) is 2. The van der Waals surface area contributed by atoms with Crippen molar-refractivity contribution in [2.24, 2.45) is 0 Å². The molecular formula is C30H33N5O3S. The molecule has 8 nitrogen and oxygen atoms in total. The predicted octanol–water partition coefficient (Wildman–Crippen LogP) is 4.96. The van der Waals surface area contributed by atoms with Gasteiger partial charge in [0.25, 0.3) is 5.56 Å². The summed E-state index contributed by atoms with van der Waals surface area (Å²) in [6.07, 6.45) is 6.35. The summed E-state index contributed by atoms with van der Waals surface area (Å²) in [7, 11) is 0. The first-order chi connectivity index (χ1) is 18.9. The van der Waals surface area contributed by atoms with Gasteiger partial charge in [0.05, 0.1) is 11.5 Å². The molecule has 5 rings (SSSR count). The van der Waals surface area contributed by atoms with Crippen molar-refractivity contribution in [1.82, 2.24) is 25.0 Å². The van der Waals surface area contributed by atoms with Crippen LogP contribution in [0.4, 0.5) is 0 Å². The minimum Gasteiger partial charge on any atom is -0.377 e. The van der Waals surface area contributed by atoms with Crippen molar-refractivity contribution in [2.75, 3.05) is 0 Å². The van der Waals surface area contributed by atoms with Crippen molar-refractivity contribution in [3.05, 3.63) is 92.1 Å². The Morgan fingerprint density at radius 3 is 2.51 bits per heavy atom. The molecule has 2 N–H and O–H groups in total. The lowest BCUT2D eigenvalue weighted by atomic mass is 9.98. The number of rotatable bonds is 11. The lowest BCUT2D eigenvalue weighted by molar-refractivity contribution is 0.388. The summed E-state index contributed by atoms with van der Waals surface area (Å²) < 4.78 is 6.54. The van der Waals surface area contributed by atoms with Crippen molar-refractivity contribution < 1.29 is 4.52 Å². The molecule has 2 heterocycles. The summed E-state index contributed by atoms with van der Waals surface area (Å²) in [6.45, 7) is 4.52. The minimum absolute atomic E-state index is 0.0206. The topological polar surface area (TPSA) is 106 Å². The number of hydrogen-bond donors (Lipinski definition) is 2. The van der Waals surface area contributed by atoms with Gasteiger partial charge in [0.2, 0.25) is 0 Å². The van der Waals surface area contributed by atoms with E-state index < -0.39 is 5.76 Å². The van der Waals surface area contributed by atoms with E-state index >= 15 is 0 Å². The number of hydrogen-bond acceptors (Lipinski definition) is 6. The second kappa shape index (κ2) is 11.9. The maximum absolute atomic E-state index is 13.7. The van der Waals surface area contributed by atoms with Crippen LogP contribution in [0.3, 0.4) is 0 Å². The van der Waals surface area contributed by atoms with Gasteiger partial charge in [-0.25, -0.2) is 9.78 Å². The van der Waals surface area contributed by atoms with E-state index in [-0.39, 0.29) is 5.56 Å². The molecule has 0 atom stereocenters. The maximum atomic E-state index is 13.7. The van der Waals surface area contributed by atoms with Crippen molar-refractivity contribution >= 4 is 17.2 Å². The van der Waals surface area contributed by atoms with Gasteiger partial charge in [-0.3, -0.25) is 18.9 Å². The molecule has 0 spiro atoms. The third kappa shape index (κ3) is 6.42. The predicted molar refractivity (Wildman–Crippen MR) is 156 cm³/mol. The van der Waals surface area contributed by atoms with Crippen LogP contribution in [0.15, 0.2) is 62.6 Å². The van der Waals surface area contributed by atoms with E-state index in [0.717, 1.165) is 63.6 Å². The summed E-state index contributed by atoms with van der Waals surface area (Å²) >= 11 is 5.50. The molecule has 1 aliphatic carbocycles. The zero-order valence-electron chi connectivity index (χ0n) is 22.3. The summed E-state index contributed by atoms with van der Waals surface area (Å²) in [6, 6.07) is 16.3. The molecule has 1 saturated carbocycles. The number of aromatic amines is 1. The van der Waals surface area contributed by atoms with E-state index in [9.17, 15) is 9.59 Å². The van der Waals surface area contributed by atoms with Crippen LogP contribution in [0, 0.1) is 6.92 Å². The van der Waals surface area contributed by atoms with E-state index in [2.05, 4.69) is 22.4 Å². The van der Waals surface area contributed by atoms with Gasteiger partial charge in [-0.15, -0.1) is 0 Å². The fourth-order valence-corrected chi connectivity index (χ4v) is 5.03. The Bertz CT molecular complexity index is 1580. The van der Waals surface area contributed by atoms with Crippen LogP contribution < -0.4 is 16.6 Å². The molecule has 2 aromatic heterocycles. The van der Waals surface area contributed by atoms with E-state index in [1.807, 2.05) is 60.0 Å². The van der Waals surface area contributed by atoms with Gasteiger partial charge in [0.15, 0.2) is 5.82 Å². The van der Waals surface area contributed by atoms with Gasteiger partial charge in [-0.05, 0) is 49.3 Å². The van der Waals surface area contributed by atoms with Crippen LogP contribution in [0.25, 0.3) is 22.5 Å². The monoisotopic (exact) mass is 543 g/mol. The molecule has 1 aliphatic rings. The molecule has 1 fully saturated rings. The quantitative estimate of drug-likeness (QED) is 0.258. The normalized spacial score (nSPS) is 13.0. The SMILES string of the molecule is CCCCc1nc(C)c(CCC(=S)NC2CC2)c(=O)n1Cc1ccc(-c2ccccc2-c2noc(=O)[nH]2)cc1. The van der Waals surface area contributed by atoms with Crippen molar-refractivity contribution in [2.45, 2.75) is 71.4 Å². The van der Waals surface area contributed by atoms with Crippen molar-refractivity contribution in [3.63, 3.8) is 0 Å². The smallest absolute Gasteiger partial charge is 0.377 e. The molecule has 39 heavy (non-hydrogen) atoms. The van der Waals surface area contributed by atoms with Crippen LogP contribution in [0.5, 0.6) is 0 Å². The van der Waals surface area contributed by atoms with Crippen molar-refractivity contribution in [3.8, 4) is 22.5 Å². The highest BCUT2D eigenvalue weighted by Crippen LogP contribution is 2.30. The maximum Gasteiger partial charge on any atom is 0.439 e. The number of nitrogens with zero attached hydrogens (tertiary/aromatic N) is 3. The first-order valence-electron chi connectivity index (χ1n) is 13.6. The third-order valence-electron chi connectivity index (χ3n) is 7.07. The number of aromatic nitrogens is 4. The zero-order chi connectivity index (χ0) is 27.4. The number of thiocarbonyl (C=S) groups is 1. The highest BCUT2D eigenvalue weighted by atomic mass is 32.1. The third-order valence-corrected chi connectivity index (χ3v) is 7.40. The molecule has 0 radical (unpaired) electrons. The first-order valence-corrected chi connectivity index (χ1v) is 14.0. The summed E-state index contributed by atoms with van der Waals surface area (Å²) in [5.74, 6) is 0.620. The highest BCUT2D eigenvalue weighted by Gasteiger charge is 2.22. The van der Waals surface area contributed by atoms with Gasteiger partial charge >= 0.3 is 5.76 Å². The summed E-state index contributed by atoms with van der Waals surface area (Å²) in [5, 5.41) is 7.21. The van der Waals surface area contributed by atoms with E-state index in [1.165, 1.54) is 12.8 Å². The second-order valence-corrected chi connectivity index (χ2v) is 10.6. The number of benzene rings is 2. The Labute approximate surface area is 232 Å². The molecule has 0 saturated heterocycles. The van der Waals surface area contributed by atoms with Crippen LogP contribution in [-0.4, -0.2) is 30.7 Å². The van der Waals surface area contributed by atoms with Crippen LogP contribution in [0.1, 0.15) is 61.7 Å². The standard InChI is InChI=1S/C30H33N5O3S/c1-3-4-9-26-31-19(2)23(16-17-27(39)32-22-14-15-22)29(36)35(26)18-20-10-12-21(13-11-20)24-7-5-6-8-25(24)28-33-30(37)38-34-28/h5-8,10-13,22H,3-4,9,14-18H2,1-2H3,(H,32,39)(H,33,34,37). The number of H-pyrrole nitrogens is 1. The first kappa shape index (κ1) is 26.7. The molecule has 9 heteroatoms. The van der Waals surface area contributed by atoms with Crippen LogP contribution >= 0.6 is 12.2 Å². The Morgan fingerprint density at radius 1 is 1.10 bits per heavy atom. The molecule has 0 amide bonds. The number of aryl methyl sites for hydroxylation is 2. The lowest BCUT2D eigenvalue weighted by Crippen LogP contribution is -2.31. The Morgan fingerprint density at radius 2 is 1.85 bits per heavy atom. The highest BCUT2D eigenvalue weighted by molar-refractivity contribution is 7.80. The Balaban J connectivity index is 1.41. The second-order valence-electron chi connectivity index (χ2n) is 10.1. The average molecular weight is 544 g/mol. The molecule has 0 bridgehead atoms. The minimum atomic E-state index is -0.591. The average Bonchev–Trinajstić information content (AvgIpc) is 3.65. The Kier molecular flexibility index (Phi) is 8.16. The van der Waals surface area contributed by atoms with E-state index in [0.29, 0.717) is 31.3 Å². The van der Waals surface area contributed by atoms with Crippen LogP contribution in [-0.2, 0) is 19.4 Å². The number of unbranched alkanes of at least 4 members (excludes halogenated alkanes) is 1. The van der Waals surface area contributed by atoms with Gasteiger partial charge < -0.3 is 5.32 Å².